The number of anilines is 1. The summed E-state index contributed by atoms with van der Waals surface area (Å²) in [6.07, 6.45) is 5.73. The summed E-state index contributed by atoms with van der Waals surface area (Å²) in [6.45, 7) is 1.41. The van der Waals surface area contributed by atoms with Crippen LogP contribution in [0.3, 0.4) is 0 Å². The fourth-order valence-electron chi connectivity index (χ4n) is 5.19. The van der Waals surface area contributed by atoms with E-state index in [4.69, 9.17) is 13.9 Å². The Morgan fingerprint density at radius 1 is 0.812 bits per heavy atom. The van der Waals surface area contributed by atoms with E-state index in [0.29, 0.717) is 60.9 Å². The first-order valence-electron chi connectivity index (χ1n) is 15.8. The van der Waals surface area contributed by atoms with Gasteiger partial charge in [0.2, 0.25) is 5.91 Å². The summed E-state index contributed by atoms with van der Waals surface area (Å²) in [5, 5.41) is 3.24. The van der Waals surface area contributed by atoms with Crippen LogP contribution in [-0.2, 0) is 27.3 Å². The number of nitrogens with zero attached hydrogens (tertiary/aromatic N) is 1. The SMILES string of the molecule is COC(=O)C(Cc1ccc(OCCCN(Cc2ccccc2)C(=O)C=Cc2ccco2)cc1)Nc1ccccc1C(=O)c1ccccc1. The molecule has 0 saturated heterocycles. The fraction of sp³-hybridized carbons (Fsp3) is 0.175. The Balaban J connectivity index is 1.17. The monoisotopic (exact) mass is 642 g/mol. The Morgan fingerprint density at radius 2 is 1.52 bits per heavy atom. The molecule has 5 rings (SSSR count). The Hall–Kier alpha value is -5.89. The highest BCUT2D eigenvalue weighted by Crippen LogP contribution is 2.22. The molecule has 0 saturated carbocycles. The summed E-state index contributed by atoms with van der Waals surface area (Å²) in [4.78, 5) is 40.8. The Kier molecular flexibility index (Phi) is 12.0. The molecule has 8 heteroatoms. The highest BCUT2D eigenvalue weighted by molar-refractivity contribution is 6.12. The standard InChI is InChI=1S/C40H38N2O6/c1-46-40(45)37(41-36-18-9-8-17-35(36)39(44)32-14-6-3-7-15-32)28-30-19-21-34(22-20-30)48-27-11-25-42(29-31-12-4-2-5-13-31)38(43)24-23-33-16-10-26-47-33/h2-10,12-24,26,37,41H,11,25,27-29H2,1H3. The zero-order valence-electron chi connectivity index (χ0n) is 26.8. The number of benzene rings is 4. The molecule has 244 valence electrons. The molecule has 0 aliphatic carbocycles. The van der Waals surface area contributed by atoms with Crippen molar-refractivity contribution in [1.29, 1.82) is 0 Å². The van der Waals surface area contributed by atoms with Crippen molar-refractivity contribution in [3.63, 3.8) is 0 Å². The number of carbonyl (C=O) groups excluding carboxylic acids is 3. The van der Waals surface area contributed by atoms with Crippen molar-refractivity contribution >= 4 is 29.4 Å². The van der Waals surface area contributed by atoms with Crippen molar-refractivity contribution in [3.8, 4) is 5.75 Å². The second-order valence-corrected chi connectivity index (χ2v) is 11.1. The summed E-state index contributed by atoms with van der Waals surface area (Å²) in [5.74, 6) is 0.610. The van der Waals surface area contributed by atoms with E-state index in [2.05, 4.69) is 5.32 Å². The highest BCUT2D eigenvalue weighted by Gasteiger charge is 2.23. The van der Waals surface area contributed by atoms with Gasteiger partial charge in [0.05, 0.1) is 20.0 Å². The number of hydrogen-bond donors (Lipinski definition) is 1. The lowest BCUT2D eigenvalue weighted by atomic mass is 10.00. The van der Waals surface area contributed by atoms with Gasteiger partial charge in [-0.25, -0.2) is 4.79 Å². The quantitative estimate of drug-likeness (QED) is 0.0525. The average molecular weight is 643 g/mol. The first kappa shape index (κ1) is 33.5. The first-order chi connectivity index (χ1) is 23.5. The lowest BCUT2D eigenvalue weighted by Crippen LogP contribution is -2.33. The summed E-state index contributed by atoms with van der Waals surface area (Å²) < 4.78 is 16.4. The van der Waals surface area contributed by atoms with Gasteiger partial charge in [-0.3, -0.25) is 9.59 Å². The summed E-state index contributed by atoms with van der Waals surface area (Å²) in [5.41, 5.74) is 3.52. The van der Waals surface area contributed by atoms with Gasteiger partial charge >= 0.3 is 5.97 Å². The number of nitrogens with one attached hydrogen (secondary N) is 1. The van der Waals surface area contributed by atoms with Crippen molar-refractivity contribution in [3.05, 3.63) is 162 Å². The second-order valence-electron chi connectivity index (χ2n) is 11.1. The maximum Gasteiger partial charge on any atom is 0.328 e. The summed E-state index contributed by atoms with van der Waals surface area (Å²) in [6, 6.07) is 36.4. The maximum absolute atomic E-state index is 13.2. The number of para-hydroxylation sites is 1. The smallest absolute Gasteiger partial charge is 0.328 e. The molecule has 1 aromatic heterocycles. The van der Waals surface area contributed by atoms with Crippen LogP contribution >= 0.6 is 0 Å². The predicted molar refractivity (Wildman–Crippen MR) is 186 cm³/mol. The molecule has 0 spiro atoms. The Labute approximate surface area is 280 Å². The van der Waals surface area contributed by atoms with Crippen LogP contribution < -0.4 is 10.1 Å². The molecule has 0 bridgehead atoms. The molecule has 4 aromatic carbocycles. The van der Waals surface area contributed by atoms with Crippen molar-refractivity contribution in [1.82, 2.24) is 4.90 Å². The molecule has 1 atom stereocenters. The van der Waals surface area contributed by atoms with E-state index in [1.54, 1.807) is 59.7 Å². The number of carbonyl (C=O) groups is 3. The largest absolute Gasteiger partial charge is 0.494 e. The minimum atomic E-state index is -0.721. The van der Waals surface area contributed by atoms with E-state index in [0.717, 1.165) is 11.1 Å². The zero-order valence-corrected chi connectivity index (χ0v) is 26.8. The van der Waals surface area contributed by atoms with Crippen molar-refractivity contribution < 1.29 is 28.3 Å². The number of rotatable bonds is 16. The number of furan rings is 1. The van der Waals surface area contributed by atoms with Crippen LogP contribution in [0.5, 0.6) is 5.75 Å². The lowest BCUT2D eigenvalue weighted by molar-refractivity contribution is -0.141. The Morgan fingerprint density at radius 3 is 2.23 bits per heavy atom. The van der Waals surface area contributed by atoms with E-state index >= 15 is 0 Å². The van der Waals surface area contributed by atoms with Gasteiger partial charge < -0.3 is 24.1 Å². The van der Waals surface area contributed by atoms with Gasteiger partial charge in [0.1, 0.15) is 17.6 Å². The number of amides is 1. The van der Waals surface area contributed by atoms with Crippen LogP contribution in [0.2, 0.25) is 0 Å². The molecule has 1 amide bonds. The van der Waals surface area contributed by atoms with Crippen LogP contribution in [0.4, 0.5) is 5.69 Å². The number of ketones is 1. The topological polar surface area (TPSA) is 98.1 Å². The number of esters is 1. The molecule has 0 radical (unpaired) electrons. The molecule has 1 heterocycles. The molecule has 5 aromatic rings. The van der Waals surface area contributed by atoms with E-state index in [1.807, 2.05) is 78.9 Å². The van der Waals surface area contributed by atoms with Crippen molar-refractivity contribution in [2.45, 2.75) is 25.4 Å². The van der Waals surface area contributed by atoms with E-state index in [1.165, 1.54) is 13.2 Å². The summed E-state index contributed by atoms with van der Waals surface area (Å²) in [7, 11) is 1.35. The second kappa shape index (κ2) is 17.1. The van der Waals surface area contributed by atoms with Gasteiger partial charge in [0.15, 0.2) is 5.78 Å². The predicted octanol–water partition coefficient (Wildman–Crippen LogP) is 7.22. The highest BCUT2D eigenvalue weighted by atomic mass is 16.5. The lowest BCUT2D eigenvalue weighted by Gasteiger charge is -2.21. The number of ether oxygens (including phenoxy) is 2. The Bertz CT molecular complexity index is 1790. The van der Waals surface area contributed by atoms with Crippen LogP contribution in [0.25, 0.3) is 6.08 Å². The van der Waals surface area contributed by atoms with Crippen molar-refractivity contribution in [2.75, 3.05) is 25.6 Å². The van der Waals surface area contributed by atoms with Gasteiger partial charge in [-0.15, -0.1) is 0 Å². The number of methoxy groups -OCH3 is 1. The van der Waals surface area contributed by atoms with Gasteiger partial charge in [-0.2, -0.15) is 0 Å². The fourth-order valence-corrected chi connectivity index (χ4v) is 5.19. The van der Waals surface area contributed by atoms with E-state index in [9.17, 15) is 14.4 Å². The molecular formula is C40H38N2O6. The molecule has 8 nitrogen and oxygen atoms in total. The van der Waals surface area contributed by atoms with E-state index in [-0.39, 0.29) is 11.7 Å². The van der Waals surface area contributed by atoms with Crippen molar-refractivity contribution in [2.24, 2.45) is 0 Å². The molecule has 1 unspecified atom stereocenters. The van der Waals surface area contributed by atoms with Gasteiger partial charge in [0, 0.05) is 42.4 Å². The van der Waals surface area contributed by atoms with Gasteiger partial charge in [0.25, 0.3) is 0 Å². The minimum absolute atomic E-state index is 0.111. The van der Waals surface area contributed by atoms with Gasteiger partial charge in [-0.1, -0.05) is 84.9 Å². The average Bonchev–Trinajstić information content (AvgIpc) is 3.66. The summed E-state index contributed by atoms with van der Waals surface area (Å²) >= 11 is 0. The van der Waals surface area contributed by atoms with Gasteiger partial charge in [-0.05, 0) is 60.0 Å². The normalized spacial score (nSPS) is 11.5. The third kappa shape index (κ3) is 9.56. The van der Waals surface area contributed by atoms with Crippen LogP contribution in [0.15, 0.2) is 138 Å². The first-order valence-corrected chi connectivity index (χ1v) is 15.8. The third-order valence-corrected chi connectivity index (χ3v) is 7.69. The molecule has 0 aliphatic rings. The number of hydrogen-bond acceptors (Lipinski definition) is 7. The molecule has 48 heavy (non-hydrogen) atoms. The third-order valence-electron chi connectivity index (χ3n) is 7.69. The molecule has 1 N–H and O–H groups in total. The van der Waals surface area contributed by atoms with Crippen LogP contribution in [-0.4, -0.2) is 48.9 Å². The molecule has 0 fully saturated rings. The maximum atomic E-state index is 13.2. The van der Waals surface area contributed by atoms with Crippen LogP contribution in [0, 0.1) is 0 Å². The van der Waals surface area contributed by atoms with Crippen LogP contribution in [0.1, 0.15) is 39.2 Å². The molecular weight excluding hydrogens is 604 g/mol. The minimum Gasteiger partial charge on any atom is -0.494 e. The molecule has 0 aliphatic heterocycles. The zero-order chi connectivity index (χ0) is 33.6. The van der Waals surface area contributed by atoms with E-state index < -0.39 is 12.0 Å².